The summed E-state index contributed by atoms with van der Waals surface area (Å²) in [7, 11) is 1.55. The molecular weight excluding hydrogens is 542 g/mol. The number of halogens is 1. The van der Waals surface area contributed by atoms with Crippen LogP contribution in [0.5, 0.6) is 17.2 Å². The zero-order valence-corrected chi connectivity index (χ0v) is 23.2. The minimum atomic E-state index is -0.785. The van der Waals surface area contributed by atoms with Gasteiger partial charge >= 0.3 is 0 Å². The summed E-state index contributed by atoms with van der Waals surface area (Å²) in [5, 5.41) is 0.702. The number of hydrogen-bond acceptors (Lipinski definition) is 6. The maximum absolute atomic E-state index is 13.9. The molecule has 1 aromatic heterocycles. The predicted molar refractivity (Wildman–Crippen MR) is 158 cm³/mol. The van der Waals surface area contributed by atoms with Crippen LogP contribution < -0.4 is 24.5 Å². The van der Waals surface area contributed by atoms with Gasteiger partial charge in [0.25, 0.3) is 5.91 Å². The van der Waals surface area contributed by atoms with Gasteiger partial charge in [-0.1, -0.05) is 48.0 Å². The van der Waals surface area contributed by atoms with Crippen LogP contribution in [0.1, 0.15) is 40.2 Å². The molecule has 1 atom stereocenters. The van der Waals surface area contributed by atoms with E-state index in [0.717, 1.165) is 5.56 Å². The molecule has 6 rings (SSSR count). The summed E-state index contributed by atoms with van der Waals surface area (Å²) in [5.74, 6) is 1.25. The number of nitrogens with zero attached hydrogens (tertiary/aromatic N) is 1. The Hall–Kier alpha value is -4.75. The Balaban J connectivity index is 1.48. The summed E-state index contributed by atoms with van der Waals surface area (Å²) in [6.45, 7) is 2.78. The van der Waals surface area contributed by atoms with Crippen molar-refractivity contribution < 1.29 is 23.4 Å². The van der Waals surface area contributed by atoms with E-state index in [-0.39, 0.29) is 16.8 Å². The number of fused-ring (bicyclic) bond motifs is 2. The molecule has 5 aromatic rings. The van der Waals surface area contributed by atoms with E-state index >= 15 is 0 Å². The molecule has 7 nitrogen and oxygen atoms in total. The average molecular weight is 568 g/mol. The van der Waals surface area contributed by atoms with Crippen molar-refractivity contribution in [1.29, 1.82) is 0 Å². The lowest BCUT2D eigenvalue weighted by molar-refractivity contribution is 0.0971. The van der Waals surface area contributed by atoms with Crippen LogP contribution in [-0.4, -0.2) is 19.6 Å². The Morgan fingerprint density at radius 2 is 1.66 bits per heavy atom. The van der Waals surface area contributed by atoms with Gasteiger partial charge in [0.2, 0.25) is 5.76 Å². The number of ether oxygens (including phenoxy) is 3. The second-order valence-corrected chi connectivity index (χ2v) is 9.94. The third-order valence-corrected chi connectivity index (χ3v) is 7.23. The van der Waals surface area contributed by atoms with E-state index in [2.05, 4.69) is 0 Å². The molecule has 0 aliphatic carbocycles. The Bertz CT molecular complexity index is 1800. The molecule has 0 bridgehead atoms. The molecule has 2 heterocycles. The quantitative estimate of drug-likeness (QED) is 0.198. The van der Waals surface area contributed by atoms with Crippen molar-refractivity contribution >= 4 is 34.2 Å². The standard InChI is InChI=1S/C33H26ClNO6/c1-3-39-24-13-11-23(12-14-24)35-30(29-31(36)25-18-22(34)10-16-26(25)41-32(29)33(35)37)21-9-15-27(28(17-21)38-2)40-19-20-7-5-4-6-8-20/h4-18,30H,3,19H2,1-2H3. The summed E-state index contributed by atoms with van der Waals surface area (Å²) in [6.07, 6.45) is 0. The van der Waals surface area contributed by atoms with Gasteiger partial charge in [-0.25, -0.2) is 0 Å². The van der Waals surface area contributed by atoms with Gasteiger partial charge in [0.05, 0.1) is 30.7 Å². The number of rotatable bonds is 8. The summed E-state index contributed by atoms with van der Waals surface area (Å²) < 4.78 is 23.4. The lowest BCUT2D eigenvalue weighted by atomic mass is 9.97. The Morgan fingerprint density at radius 3 is 2.39 bits per heavy atom. The number of methoxy groups -OCH3 is 1. The third-order valence-electron chi connectivity index (χ3n) is 7.00. The summed E-state index contributed by atoms with van der Waals surface area (Å²) in [4.78, 5) is 29.4. The van der Waals surface area contributed by atoms with Crippen LogP contribution in [0.25, 0.3) is 11.0 Å². The summed E-state index contributed by atoms with van der Waals surface area (Å²) in [5.41, 5.74) is 2.46. The molecule has 0 saturated carbocycles. The molecule has 0 saturated heterocycles. The van der Waals surface area contributed by atoms with Crippen molar-refractivity contribution in [2.45, 2.75) is 19.6 Å². The van der Waals surface area contributed by atoms with Crippen LogP contribution in [0.4, 0.5) is 5.69 Å². The molecule has 41 heavy (non-hydrogen) atoms. The highest BCUT2D eigenvalue weighted by Gasteiger charge is 2.44. The van der Waals surface area contributed by atoms with Crippen LogP contribution in [-0.2, 0) is 6.61 Å². The number of carbonyl (C=O) groups is 1. The van der Waals surface area contributed by atoms with Gasteiger partial charge in [0.1, 0.15) is 17.9 Å². The average Bonchev–Trinajstić information content (AvgIpc) is 3.29. The molecule has 0 radical (unpaired) electrons. The smallest absolute Gasteiger partial charge is 0.295 e. The fraction of sp³-hybridized carbons (Fsp3) is 0.152. The molecule has 206 valence electrons. The zero-order valence-electron chi connectivity index (χ0n) is 22.4. The van der Waals surface area contributed by atoms with Crippen molar-refractivity contribution in [3.05, 3.63) is 129 Å². The van der Waals surface area contributed by atoms with E-state index in [1.54, 1.807) is 66.6 Å². The molecule has 0 fully saturated rings. The van der Waals surface area contributed by atoms with E-state index in [1.165, 1.54) is 0 Å². The second kappa shape index (κ2) is 11.0. The van der Waals surface area contributed by atoms with E-state index in [4.69, 9.17) is 30.2 Å². The largest absolute Gasteiger partial charge is 0.494 e. The van der Waals surface area contributed by atoms with Gasteiger partial charge in [-0.2, -0.15) is 0 Å². The topological polar surface area (TPSA) is 78.2 Å². The minimum absolute atomic E-state index is 0.00734. The number of carbonyl (C=O) groups excluding carboxylic acids is 1. The number of benzene rings is 4. The fourth-order valence-corrected chi connectivity index (χ4v) is 5.28. The lowest BCUT2D eigenvalue weighted by Gasteiger charge is -2.26. The molecular formula is C33H26ClNO6. The minimum Gasteiger partial charge on any atom is -0.494 e. The number of amides is 1. The normalized spacial score (nSPS) is 14.3. The zero-order chi connectivity index (χ0) is 28.5. The molecule has 1 aliphatic heterocycles. The SMILES string of the molecule is CCOc1ccc(N2C(=O)c3oc4ccc(Cl)cc4c(=O)c3C2c2ccc(OCc3ccccc3)c(OC)c2)cc1. The van der Waals surface area contributed by atoms with E-state index in [1.807, 2.05) is 43.3 Å². The number of anilines is 1. The highest BCUT2D eigenvalue weighted by Crippen LogP contribution is 2.43. The molecule has 4 aromatic carbocycles. The first-order valence-corrected chi connectivity index (χ1v) is 13.5. The highest BCUT2D eigenvalue weighted by atomic mass is 35.5. The van der Waals surface area contributed by atoms with Crippen LogP contribution >= 0.6 is 11.6 Å². The van der Waals surface area contributed by atoms with Gasteiger partial charge in [-0.3, -0.25) is 14.5 Å². The molecule has 8 heteroatoms. The van der Waals surface area contributed by atoms with Crippen molar-refractivity contribution in [2.24, 2.45) is 0 Å². The van der Waals surface area contributed by atoms with Crippen LogP contribution in [0.15, 0.2) is 100 Å². The van der Waals surface area contributed by atoms with Crippen LogP contribution in [0, 0.1) is 0 Å². The van der Waals surface area contributed by atoms with E-state index < -0.39 is 11.9 Å². The Labute approximate surface area is 241 Å². The first-order valence-electron chi connectivity index (χ1n) is 13.2. The summed E-state index contributed by atoms with van der Waals surface area (Å²) in [6, 6.07) is 26.4. The van der Waals surface area contributed by atoms with E-state index in [0.29, 0.717) is 57.7 Å². The molecule has 0 spiro atoms. The Morgan fingerprint density at radius 1 is 0.878 bits per heavy atom. The van der Waals surface area contributed by atoms with Crippen molar-refractivity contribution in [1.82, 2.24) is 0 Å². The van der Waals surface area contributed by atoms with Gasteiger partial charge < -0.3 is 18.6 Å². The van der Waals surface area contributed by atoms with Gasteiger partial charge in [0, 0.05) is 10.7 Å². The second-order valence-electron chi connectivity index (χ2n) is 9.50. The van der Waals surface area contributed by atoms with Crippen molar-refractivity contribution in [3.8, 4) is 17.2 Å². The van der Waals surface area contributed by atoms with Gasteiger partial charge in [-0.05, 0) is 72.6 Å². The number of hydrogen-bond donors (Lipinski definition) is 0. The van der Waals surface area contributed by atoms with E-state index in [9.17, 15) is 9.59 Å². The van der Waals surface area contributed by atoms with Crippen molar-refractivity contribution in [2.75, 3.05) is 18.6 Å². The van der Waals surface area contributed by atoms with Crippen molar-refractivity contribution in [3.63, 3.8) is 0 Å². The van der Waals surface area contributed by atoms with Gasteiger partial charge in [-0.15, -0.1) is 0 Å². The first kappa shape index (κ1) is 26.5. The predicted octanol–water partition coefficient (Wildman–Crippen LogP) is 7.18. The van der Waals surface area contributed by atoms with Crippen LogP contribution in [0.2, 0.25) is 5.02 Å². The molecule has 1 amide bonds. The molecule has 1 aliphatic rings. The van der Waals surface area contributed by atoms with Gasteiger partial charge in [0.15, 0.2) is 16.9 Å². The lowest BCUT2D eigenvalue weighted by Crippen LogP contribution is -2.29. The maximum Gasteiger partial charge on any atom is 0.295 e. The van der Waals surface area contributed by atoms with Crippen LogP contribution in [0.3, 0.4) is 0 Å². The third kappa shape index (κ3) is 4.89. The molecule has 1 unspecified atom stereocenters. The highest BCUT2D eigenvalue weighted by molar-refractivity contribution is 6.31. The molecule has 0 N–H and O–H groups in total. The maximum atomic E-state index is 13.9. The first-order chi connectivity index (χ1) is 20.0. The Kier molecular flexibility index (Phi) is 7.12. The fourth-order valence-electron chi connectivity index (χ4n) is 5.11. The monoisotopic (exact) mass is 567 g/mol. The summed E-state index contributed by atoms with van der Waals surface area (Å²) >= 11 is 6.22.